The third-order valence-corrected chi connectivity index (χ3v) is 4.03. The van der Waals surface area contributed by atoms with Crippen LogP contribution in [0.15, 0.2) is 72.8 Å². The number of phenols is 3. The van der Waals surface area contributed by atoms with Crippen molar-refractivity contribution in [1.82, 2.24) is 0 Å². The molecule has 3 aromatic carbocycles. The number of hydrogen-bond acceptors (Lipinski definition) is 5. The van der Waals surface area contributed by atoms with Gasteiger partial charge in [0, 0.05) is 23.3 Å². The van der Waals surface area contributed by atoms with E-state index in [-0.39, 0.29) is 17.2 Å². The molecule has 0 radical (unpaired) electrons. The summed E-state index contributed by atoms with van der Waals surface area (Å²) in [6, 6.07) is 18.3. The second kappa shape index (κ2) is 8.29. The van der Waals surface area contributed by atoms with Gasteiger partial charge in [0.2, 0.25) is 0 Å². The Kier molecular flexibility index (Phi) is 5.64. The summed E-state index contributed by atoms with van der Waals surface area (Å²) >= 11 is 0. The minimum absolute atomic E-state index is 0.0363. The monoisotopic (exact) mass is 364 g/mol. The van der Waals surface area contributed by atoms with Gasteiger partial charge in [-0.2, -0.15) is 0 Å². The summed E-state index contributed by atoms with van der Waals surface area (Å²) in [5.74, 6) is 0.269. The number of rotatable bonds is 6. The summed E-state index contributed by atoms with van der Waals surface area (Å²) in [6.45, 7) is 0.298. The number of hydrogen-bond donors (Lipinski definition) is 4. The van der Waals surface area contributed by atoms with Crippen molar-refractivity contribution in [2.75, 3.05) is 0 Å². The summed E-state index contributed by atoms with van der Waals surface area (Å²) in [4.78, 5) is 0. The predicted octanol–water partition coefficient (Wildman–Crippen LogP) is 4.13. The molecule has 1 atom stereocenters. The molecule has 0 heterocycles. The molecule has 5 heteroatoms. The second-order valence-electron chi connectivity index (χ2n) is 6.04. The van der Waals surface area contributed by atoms with Crippen LogP contribution in [0.3, 0.4) is 0 Å². The van der Waals surface area contributed by atoms with Crippen LogP contribution >= 0.6 is 0 Å². The van der Waals surface area contributed by atoms with Crippen LogP contribution in [0.25, 0.3) is 6.08 Å². The van der Waals surface area contributed by atoms with E-state index in [0.29, 0.717) is 23.5 Å². The molecule has 0 aliphatic rings. The van der Waals surface area contributed by atoms with Gasteiger partial charge in [-0.25, -0.2) is 0 Å². The van der Waals surface area contributed by atoms with Gasteiger partial charge in [-0.15, -0.1) is 0 Å². The lowest BCUT2D eigenvalue weighted by atomic mass is 10.1. The largest absolute Gasteiger partial charge is 0.508 e. The summed E-state index contributed by atoms with van der Waals surface area (Å²) in [7, 11) is 0. The van der Waals surface area contributed by atoms with E-state index in [1.165, 1.54) is 36.4 Å². The Balaban J connectivity index is 1.79. The van der Waals surface area contributed by atoms with E-state index in [9.17, 15) is 20.4 Å². The SMILES string of the molecule is Oc1ccc(C=CC(O)c2ccc(O)cc2OCc2ccccc2)c(O)c1. The van der Waals surface area contributed by atoms with E-state index >= 15 is 0 Å². The Morgan fingerprint density at radius 1 is 0.852 bits per heavy atom. The van der Waals surface area contributed by atoms with Gasteiger partial charge in [0.15, 0.2) is 0 Å². The van der Waals surface area contributed by atoms with Crippen LogP contribution in [0, 0.1) is 0 Å². The van der Waals surface area contributed by atoms with Crippen molar-refractivity contribution in [2.24, 2.45) is 0 Å². The van der Waals surface area contributed by atoms with Gasteiger partial charge in [-0.3, -0.25) is 0 Å². The standard InChI is InChI=1S/C22H20O5/c23-17-8-6-16(21(26)12-17)7-11-20(25)19-10-9-18(24)13-22(19)27-14-15-4-2-1-3-5-15/h1-13,20,23-26H,14H2. The number of aliphatic hydroxyl groups excluding tert-OH is 1. The summed E-state index contributed by atoms with van der Waals surface area (Å²) < 4.78 is 5.78. The molecule has 0 saturated carbocycles. The van der Waals surface area contributed by atoms with Crippen molar-refractivity contribution in [2.45, 2.75) is 12.7 Å². The Morgan fingerprint density at radius 2 is 1.56 bits per heavy atom. The zero-order valence-electron chi connectivity index (χ0n) is 14.5. The first-order valence-electron chi connectivity index (χ1n) is 8.41. The van der Waals surface area contributed by atoms with Crippen LogP contribution in [0.2, 0.25) is 0 Å². The Bertz CT molecular complexity index is 935. The lowest BCUT2D eigenvalue weighted by Gasteiger charge is -2.14. The Hall–Kier alpha value is -3.44. The molecule has 1 unspecified atom stereocenters. The molecule has 138 valence electrons. The molecular formula is C22H20O5. The number of benzene rings is 3. The van der Waals surface area contributed by atoms with Crippen molar-refractivity contribution >= 4 is 6.08 Å². The molecule has 0 aromatic heterocycles. The first kappa shape index (κ1) is 18.4. The number of ether oxygens (including phenoxy) is 1. The van der Waals surface area contributed by atoms with Gasteiger partial charge in [0.25, 0.3) is 0 Å². The molecular weight excluding hydrogens is 344 g/mol. The zero-order chi connectivity index (χ0) is 19.2. The van der Waals surface area contributed by atoms with Crippen LogP contribution in [0.4, 0.5) is 0 Å². The summed E-state index contributed by atoms with van der Waals surface area (Å²) in [5.41, 5.74) is 1.90. The fraction of sp³-hybridized carbons (Fsp3) is 0.0909. The highest BCUT2D eigenvalue weighted by atomic mass is 16.5. The van der Waals surface area contributed by atoms with Crippen LogP contribution in [-0.4, -0.2) is 20.4 Å². The maximum Gasteiger partial charge on any atom is 0.129 e. The molecule has 3 rings (SSSR count). The predicted molar refractivity (Wildman–Crippen MR) is 103 cm³/mol. The molecule has 4 N–H and O–H groups in total. The molecule has 0 aliphatic carbocycles. The van der Waals surface area contributed by atoms with Gasteiger partial charge < -0.3 is 25.2 Å². The summed E-state index contributed by atoms with van der Waals surface area (Å²) in [5, 5.41) is 39.4. The topological polar surface area (TPSA) is 90.2 Å². The normalized spacial score (nSPS) is 12.2. The van der Waals surface area contributed by atoms with Gasteiger partial charge in [-0.05, 0) is 29.8 Å². The zero-order valence-corrected chi connectivity index (χ0v) is 14.5. The molecule has 0 bridgehead atoms. The van der Waals surface area contributed by atoms with E-state index in [1.807, 2.05) is 30.3 Å². The highest BCUT2D eigenvalue weighted by molar-refractivity contribution is 5.59. The van der Waals surface area contributed by atoms with E-state index in [4.69, 9.17) is 4.74 Å². The highest BCUT2D eigenvalue weighted by Gasteiger charge is 2.13. The molecule has 5 nitrogen and oxygen atoms in total. The maximum atomic E-state index is 10.5. The summed E-state index contributed by atoms with van der Waals surface area (Å²) in [6.07, 6.45) is 2.03. The second-order valence-corrected chi connectivity index (χ2v) is 6.04. The lowest BCUT2D eigenvalue weighted by Crippen LogP contribution is -2.01. The van der Waals surface area contributed by atoms with Crippen molar-refractivity contribution in [1.29, 1.82) is 0 Å². The minimum Gasteiger partial charge on any atom is -0.508 e. The first-order chi connectivity index (χ1) is 13.0. The number of aliphatic hydroxyl groups is 1. The Labute approximate surface area is 157 Å². The number of aromatic hydroxyl groups is 3. The van der Waals surface area contributed by atoms with Gasteiger partial charge in [0.1, 0.15) is 35.7 Å². The molecule has 0 spiro atoms. The molecule has 0 saturated heterocycles. The Morgan fingerprint density at radius 3 is 2.30 bits per heavy atom. The van der Waals surface area contributed by atoms with Crippen molar-refractivity contribution < 1.29 is 25.2 Å². The number of phenolic OH excluding ortho intramolecular Hbond substituents is 3. The molecule has 0 amide bonds. The average Bonchev–Trinajstić information content (AvgIpc) is 2.66. The van der Waals surface area contributed by atoms with Crippen molar-refractivity contribution in [3.8, 4) is 23.0 Å². The van der Waals surface area contributed by atoms with Crippen LogP contribution < -0.4 is 4.74 Å². The van der Waals surface area contributed by atoms with E-state index in [0.717, 1.165) is 5.56 Å². The molecule has 27 heavy (non-hydrogen) atoms. The lowest BCUT2D eigenvalue weighted by molar-refractivity contribution is 0.217. The quantitative estimate of drug-likeness (QED) is 0.528. The van der Waals surface area contributed by atoms with E-state index < -0.39 is 6.10 Å². The minimum atomic E-state index is -1.01. The first-order valence-corrected chi connectivity index (χ1v) is 8.41. The van der Waals surface area contributed by atoms with Gasteiger partial charge >= 0.3 is 0 Å². The third-order valence-electron chi connectivity index (χ3n) is 4.03. The highest BCUT2D eigenvalue weighted by Crippen LogP contribution is 2.32. The third kappa shape index (κ3) is 4.80. The van der Waals surface area contributed by atoms with Crippen molar-refractivity contribution in [3.05, 3.63) is 89.5 Å². The van der Waals surface area contributed by atoms with Gasteiger partial charge in [-0.1, -0.05) is 42.5 Å². The maximum absolute atomic E-state index is 10.5. The smallest absolute Gasteiger partial charge is 0.129 e. The van der Waals surface area contributed by atoms with Crippen LogP contribution in [0.1, 0.15) is 22.8 Å². The average molecular weight is 364 g/mol. The van der Waals surface area contributed by atoms with E-state index in [1.54, 1.807) is 12.1 Å². The van der Waals surface area contributed by atoms with Crippen LogP contribution in [-0.2, 0) is 6.61 Å². The van der Waals surface area contributed by atoms with Gasteiger partial charge in [0.05, 0.1) is 0 Å². The molecule has 0 fully saturated rings. The molecule has 3 aromatic rings. The fourth-order valence-corrected chi connectivity index (χ4v) is 2.60. The fourth-order valence-electron chi connectivity index (χ4n) is 2.60. The molecule has 0 aliphatic heterocycles. The van der Waals surface area contributed by atoms with Crippen molar-refractivity contribution in [3.63, 3.8) is 0 Å². The van der Waals surface area contributed by atoms with Crippen LogP contribution in [0.5, 0.6) is 23.0 Å². The van der Waals surface area contributed by atoms with E-state index in [2.05, 4.69) is 0 Å².